The summed E-state index contributed by atoms with van der Waals surface area (Å²) in [5.41, 5.74) is -1.36. The van der Waals surface area contributed by atoms with Crippen LogP contribution in [0.1, 0.15) is 23.1 Å². The van der Waals surface area contributed by atoms with Crippen molar-refractivity contribution in [2.45, 2.75) is 18.0 Å². The Balaban J connectivity index is 2.34. The van der Waals surface area contributed by atoms with Crippen LogP contribution in [0.15, 0.2) is 33.7 Å². The predicted molar refractivity (Wildman–Crippen MR) is 88.8 cm³/mol. The second kappa shape index (κ2) is 7.68. The normalized spacial score (nSPS) is 12.0. The molecular formula is C14H12F3N3O5S2. The third kappa shape index (κ3) is 4.66. The molecule has 0 saturated carbocycles. The molecule has 0 spiro atoms. The summed E-state index contributed by atoms with van der Waals surface area (Å²) in [6.45, 7) is 1.25. The zero-order valence-electron chi connectivity index (χ0n) is 13.8. The molecule has 2 rings (SSSR count). The Hall–Kier alpha value is -2.41. The molecule has 0 N–H and O–H groups in total. The summed E-state index contributed by atoms with van der Waals surface area (Å²) in [7, 11) is -3.79. The number of carbonyl (C=O) groups is 2. The number of rotatable bonds is 6. The van der Waals surface area contributed by atoms with Crippen molar-refractivity contribution in [3.8, 4) is 0 Å². The molecular weight excluding hydrogens is 411 g/mol. The molecule has 0 bridgehead atoms. The molecule has 0 aliphatic rings. The van der Waals surface area contributed by atoms with Crippen LogP contribution in [0.5, 0.6) is 0 Å². The van der Waals surface area contributed by atoms with Crippen molar-refractivity contribution >= 4 is 38.7 Å². The monoisotopic (exact) mass is 423 g/mol. The standard InChI is InChI=1S/C14H12F3N3O5S2/c1-8(21)26-7-10(22)12-18-13(25-19-12)20(2)27(23,24)11-6-4-3-5-9(11)14(15,16)17/h3-6H,7H2,1-2H3. The van der Waals surface area contributed by atoms with Crippen molar-refractivity contribution in [3.63, 3.8) is 0 Å². The van der Waals surface area contributed by atoms with Crippen LogP contribution in [0.25, 0.3) is 0 Å². The summed E-state index contributed by atoms with van der Waals surface area (Å²) in [6.07, 6.45) is -4.90. The highest BCUT2D eigenvalue weighted by molar-refractivity contribution is 8.14. The van der Waals surface area contributed by atoms with Gasteiger partial charge in [-0.15, -0.1) is 0 Å². The topological polar surface area (TPSA) is 110 Å². The van der Waals surface area contributed by atoms with E-state index in [4.69, 9.17) is 0 Å². The second-order valence-electron chi connectivity index (χ2n) is 5.07. The largest absolute Gasteiger partial charge is 0.417 e. The van der Waals surface area contributed by atoms with E-state index >= 15 is 0 Å². The van der Waals surface area contributed by atoms with E-state index in [2.05, 4.69) is 14.7 Å². The summed E-state index contributed by atoms with van der Waals surface area (Å²) in [5, 5.41) is 2.98. The molecule has 1 heterocycles. The molecule has 0 unspecified atom stereocenters. The number of alkyl halides is 3. The number of anilines is 1. The fraction of sp³-hybridized carbons (Fsp3) is 0.286. The van der Waals surface area contributed by atoms with E-state index in [1.54, 1.807) is 0 Å². The smallest absolute Gasteiger partial charge is 0.314 e. The number of thioether (sulfide) groups is 1. The van der Waals surface area contributed by atoms with Crippen LogP contribution < -0.4 is 4.31 Å². The summed E-state index contributed by atoms with van der Waals surface area (Å²) >= 11 is 0.692. The Morgan fingerprint density at radius 1 is 1.26 bits per heavy atom. The van der Waals surface area contributed by atoms with E-state index in [-0.39, 0.29) is 10.9 Å². The SMILES string of the molecule is CC(=O)SCC(=O)c1noc(N(C)S(=O)(=O)c2ccccc2C(F)(F)F)n1. The number of Topliss-reactive ketones (excluding diaryl/α,β-unsaturated/α-hetero) is 1. The van der Waals surface area contributed by atoms with E-state index in [0.29, 0.717) is 22.1 Å². The first-order valence-electron chi connectivity index (χ1n) is 7.10. The number of halogens is 3. The first-order chi connectivity index (χ1) is 12.4. The van der Waals surface area contributed by atoms with Crippen LogP contribution in [0, 0.1) is 0 Å². The van der Waals surface area contributed by atoms with Gasteiger partial charge in [0.15, 0.2) is 5.12 Å². The van der Waals surface area contributed by atoms with Crippen molar-refractivity contribution in [2.75, 3.05) is 17.1 Å². The van der Waals surface area contributed by atoms with E-state index in [1.807, 2.05) is 0 Å². The highest BCUT2D eigenvalue weighted by atomic mass is 32.2. The lowest BCUT2D eigenvalue weighted by Gasteiger charge is -2.18. The summed E-state index contributed by atoms with van der Waals surface area (Å²) in [5.74, 6) is -1.49. The molecule has 0 fully saturated rings. The number of benzene rings is 1. The second-order valence-corrected chi connectivity index (χ2v) is 8.16. The lowest BCUT2D eigenvalue weighted by atomic mass is 10.2. The minimum absolute atomic E-state index is 0.290. The van der Waals surface area contributed by atoms with Crippen molar-refractivity contribution in [1.29, 1.82) is 0 Å². The zero-order chi connectivity index (χ0) is 20.4. The third-order valence-corrected chi connectivity index (χ3v) is 5.77. The van der Waals surface area contributed by atoms with E-state index in [1.165, 1.54) is 6.92 Å². The van der Waals surface area contributed by atoms with Gasteiger partial charge in [0, 0.05) is 14.0 Å². The van der Waals surface area contributed by atoms with Crippen LogP contribution in [-0.2, 0) is 21.0 Å². The first kappa shape index (κ1) is 20.9. The molecule has 0 aliphatic heterocycles. The number of sulfonamides is 1. The van der Waals surface area contributed by atoms with Gasteiger partial charge < -0.3 is 4.52 Å². The molecule has 8 nitrogen and oxygen atoms in total. The number of carbonyl (C=O) groups excluding carboxylic acids is 2. The van der Waals surface area contributed by atoms with E-state index in [0.717, 1.165) is 25.2 Å². The number of hydrogen-bond donors (Lipinski definition) is 0. The Labute approximate surface area is 155 Å². The van der Waals surface area contributed by atoms with Gasteiger partial charge in [-0.05, 0) is 12.1 Å². The van der Waals surface area contributed by atoms with Gasteiger partial charge in [0.25, 0.3) is 10.0 Å². The van der Waals surface area contributed by atoms with E-state index in [9.17, 15) is 31.2 Å². The van der Waals surface area contributed by atoms with Crippen molar-refractivity contribution in [1.82, 2.24) is 10.1 Å². The number of ketones is 1. The summed E-state index contributed by atoms with van der Waals surface area (Å²) in [6, 6.07) is 2.92. The Morgan fingerprint density at radius 3 is 2.48 bits per heavy atom. The molecule has 27 heavy (non-hydrogen) atoms. The molecule has 1 aromatic carbocycles. The van der Waals surface area contributed by atoms with Gasteiger partial charge in [0.05, 0.1) is 16.2 Å². The Kier molecular flexibility index (Phi) is 5.94. The summed E-state index contributed by atoms with van der Waals surface area (Å²) in [4.78, 5) is 25.3. The minimum Gasteiger partial charge on any atom is -0.314 e. The maximum Gasteiger partial charge on any atom is 0.417 e. The van der Waals surface area contributed by atoms with Gasteiger partial charge in [-0.2, -0.15) is 18.2 Å². The fourth-order valence-corrected chi connectivity index (χ4v) is 3.61. The van der Waals surface area contributed by atoms with Gasteiger partial charge >= 0.3 is 12.2 Å². The number of hydrogen-bond acceptors (Lipinski definition) is 8. The van der Waals surface area contributed by atoms with Gasteiger partial charge in [-0.25, -0.2) is 12.7 Å². The van der Waals surface area contributed by atoms with Crippen LogP contribution in [0.4, 0.5) is 19.2 Å². The molecule has 0 atom stereocenters. The van der Waals surface area contributed by atoms with Crippen LogP contribution >= 0.6 is 11.8 Å². The Morgan fingerprint density at radius 2 is 1.89 bits per heavy atom. The van der Waals surface area contributed by atoms with Gasteiger partial charge in [-0.1, -0.05) is 29.1 Å². The number of aromatic nitrogens is 2. The highest BCUT2D eigenvalue weighted by Gasteiger charge is 2.39. The van der Waals surface area contributed by atoms with Crippen molar-refractivity contribution in [2.24, 2.45) is 0 Å². The predicted octanol–water partition coefficient (Wildman–Crippen LogP) is 2.38. The average Bonchev–Trinajstić information content (AvgIpc) is 3.08. The van der Waals surface area contributed by atoms with Crippen LogP contribution in [-0.4, -0.2) is 42.3 Å². The minimum atomic E-state index is -4.90. The van der Waals surface area contributed by atoms with Crippen molar-refractivity contribution < 1.29 is 35.7 Å². The fourth-order valence-electron chi connectivity index (χ4n) is 1.86. The molecule has 13 heteroatoms. The number of nitrogens with zero attached hydrogens (tertiary/aromatic N) is 3. The molecule has 146 valence electrons. The summed E-state index contributed by atoms with van der Waals surface area (Å²) < 4.78 is 69.4. The molecule has 2 aromatic rings. The average molecular weight is 423 g/mol. The third-order valence-electron chi connectivity index (χ3n) is 3.17. The van der Waals surface area contributed by atoms with Crippen LogP contribution in [0.2, 0.25) is 0 Å². The maximum absolute atomic E-state index is 13.1. The lowest BCUT2D eigenvalue weighted by molar-refractivity contribution is -0.139. The molecule has 0 saturated heterocycles. The van der Waals surface area contributed by atoms with Gasteiger partial charge in [0.1, 0.15) is 0 Å². The Bertz CT molecular complexity index is 972. The maximum atomic E-state index is 13.1. The highest BCUT2D eigenvalue weighted by Crippen LogP contribution is 2.35. The first-order valence-corrected chi connectivity index (χ1v) is 9.52. The molecule has 0 aliphatic carbocycles. The van der Waals surface area contributed by atoms with Crippen LogP contribution in [0.3, 0.4) is 0 Å². The quantitative estimate of drug-likeness (QED) is 0.652. The molecule has 0 radical (unpaired) electrons. The zero-order valence-corrected chi connectivity index (χ0v) is 15.5. The molecule has 0 amide bonds. The van der Waals surface area contributed by atoms with Gasteiger partial charge in [0.2, 0.25) is 11.6 Å². The molecule has 1 aromatic heterocycles. The van der Waals surface area contributed by atoms with Gasteiger partial charge in [-0.3, -0.25) is 9.59 Å². The van der Waals surface area contributed by atoms with Crippen molar-refractivity contribution in [3.05, 3.63) is 35.7 Å². The van der Waals surface area contributed by atoms with E-state index < -0.39 is 44.3 Å². The lowest BCUT2D eigenvalue weighted by Crippen LogP contribution is -2.29.